The van der Waals surface area contributed by atoms with E-state index in [2.05, 4.69) is 5.32 Å². The summed E-state index contributed by atoms with van der Waals surface area (Å²) < 4.78 is 19.4. The molecule has 0 aliphatic carbocycles. The summed E-state index contributed by atoms with van der Waals surface area (Å²) in [5, 5.41) is 2.41. The first-order valence-corrected chi connectivity index (χ1v) is 7.96. The van der Waals surface area contributed by atoms with Gasteiger partial charge >= 0.3 is 6.09 Å². The Labute approximate surface area is 141 Å². The van der Waals surface area contributed by atoms with Gasteiger partial charge in [-0.05, 0) is 39.0 Å². The number of nitrogens with zero attached hydrogens (tertiary/aromatic N) is 2. The average molecular weight is 337 g/mol. The van der Waals surface area contributed by atoms with E-state index in [1.165, 1.54) is 19.2 Å². The van der Waals surface area contributed by atoms with Crippen LogP contribution in [0.5, 0.6) is 0 Å². The Morgan fingerprint density at radius 3 is 2.29 bits per heavy atom. The molecule has 0 aromatic heterocycles. The number of benzene rings is 1. The standard InChI is InChI=1S/C17H24FN3O3/c1-17(2,3)24-16(23)21-9-7-20(8-10-21)12-5-6-13(14(18)11-12)15(22)19-4/h5-6,11H,7-10H2,1-4H3,(H,19,22). The summed E-state index contributed by atoms with van der Waals surface area (Å²) in [6, 6.07) is 4.55. The molecule has 0 bridgehead atoms. The number of hydrogen-bond donors (Lipinski definition) is 1. The van der Waals surface area contributed by atoms with Gasteiger partial charge < -0.3 is 19.9 Å². The van der Waals surface area contributed by atoms with E-state index in [0.29, 0.717) is 31.9 Å². The van der Waals surface area contributed by atoms with E-state index in [0.717, 1.165) is 0 Å². The molecule has 1 N–H and O–H groups in total. The smallest absolute Gasteiger partial charge is 0.410 e. The van der Waals surface area contributed by atoms with Gasteiger partial charge in [0.25, 0.3) is 5.91 Å². The van der Waals surface area contributed by atoms with Gasteiger partial charge in [0, 0.05) is 38.9 Å². The number of carbonyl (C=O) groups is 2. The molecule has 0 radical (unpaired) electrons. The Kier molecular flexibility index (Phi) is 5.31. The normalized spacial score (nSPS) is 15.2. The predicted octanol–water partition coefficient (Wildman–Crippen LogP) is 2.24. The summed E-state index contributed by atoms with van der Waals surface area (Å²) in [6.07, 6.45) is -0.330. The third-order valence-electron chi connectivity index (χ3n) is 3.72. The first-order valence-electron chi connectivity index (χ1n) is 7.96. The van der Waals surface area contributed by atoms with Crippen LogP contribution >= 0.6 is 0 Å². The minimum atomic E-state index is -0.554. The average Bonchev–Trinajstić information content (AvgIpc) is 2.52. The zero-order chi connectivity index (χ0) is 17.9. The summed E-state index contributed by atoms with van der Waals surface area (Å²) in [6.45, 7) is 7.67. The Bertz CT molecular complexity index is 620. The molecule has 1 aliphatic heterocycles. The summed E-state index contributed by atoms with van der Waals surface area (Å²) in [5.74, 6) is -1.00. The van der Waals surface area contributed by atoms with E-state index < -0.39 is 17.3 Å². The number of rotatable bonds is 2. The summed E-state index contributed by atoms with van der Waals surface area (Å²) in [7, 11) is 1.46. The lowest BCUT2D eigenvalue weighted by Crippen LogP contribution is -2.50. The van der Waals surface area contributed by atoms with Crippen LogP contribution < -0.4 is 10.2 Å². The van der Waals surface area contributed by atoms with Crippen molar-refractivity contribution >= 4 is 17.7 Å². The molecule has 7 heteroatoms. The van der Waals surface area contributed by atoms with Crippen molar-refractivity contribution in [3.63, 3.8) is 0 Å². The van der Waals surface area contributed by atoms with Gasteiger partial charge in [-0.2, -0.15) is 0 Å². The fraction of sp³-hybridized carbons (Fsp3) is 0.529. The van der Waals surface area contributed by atoms with Crippen LogP contribution in [0.1, 0.15) is 31.1 Å². The van der Waals surface area contributed by atoms with Gasteiger partial charge in [0.15, 0.2) is 0 Å². The second kappa shape index (κ2) is 7.07. The molecule has 0 saturated carbocycles. The molecule has 0 unspecified atom stereocenters. The third kappa shape index (κ3) is 4.37. The van der Waals surface area contributed by atoms with E-state index in [1.54, 1.807) is 11.0 Å². The van der Waals surface area contributed by atoms with Crippen LogP contribution in [-0.2, 0) is 4.74 Å². The van der Waals surface area contributed by atoms with Gasteiger partial charge in [-0.3, -0.25) is 4.79 Å². The van der Waals surface area contributed by atoms with Crippen molar-refractivity contribution in [2.24, 2.45) is 0 Å². The van der Waals surface area contributed by atoms with Crippen LogP contribution in [-0.4, -0.2) is 55.7 Å². The molecule has 1 aliphatic rings. The highest BCUT2D eigenvalue weighted by molar-refractivity contribution is 5.94. The fourth-order valence-electron chi connectivity index (χ4n) is 2.49. The number of ether oxygens (including phenoxy) is 1. The van der Waals surface area contributed by atoms with Gasteiger partial charge in [0.05, 0.1) is 5.56 Å². The lowest BCUT2D eigenvalue weighted by atomic mass is 10.1. The molecule has 1 heterocycles. The van der Waals surface area contributed by atoms with Crippen molar-refractivity contribution in [2.45, 2.75) is 26.4 Å². The molecule has 24 heavy (non-hydrogen) atoms. The van der Waals surface area contributed by atoms with Crippen LogP contribution in [0.4, 0.5) is 14.9 Å². The largest absolute Gasteiger partial charge is 0.444 e. The van der Waals surface area contributed by atoms with Gasteiger partial charge in [0.1, 0.15) is 11.4 Å². The Morgan fingerprint density at radius 1 is 1.17 bits per heavy atom. The molecule has 2 rings (SSSR count). The van der Waals surface area contributed by atoms with Crippen LogP contribution in [0.3, 0.4) is 0 Å². The van der Waals surface area contributed by atoms with Crippen LogP contribution in [0.15, 0.2) is 18.2 Å². The van der Waals surface area contributed by atoms with Crippen molar-refractivity contribution < 1.29 is 18.7 Å². The molecular weight excluding hydrogens is 313 g/mol. The van der Waals surface area contributed by atoms with Crippen molar-refractivity contribution in [1.82, 2.24) is 10.2 Å². The molecule has 1 saturated heterocycles. The predicted molar refractivity (Wildman–Crippen MR) is 89.8 cm³/mol. The van der Waals surface area contributed by atoms with Gasteiger partial charge in [0.2, 0.25) is 0 Å². The summed E-state index contributed by atoms with van der Waals surface area (Å²) >= 11 is 0. The molecular formula is C17H24FN3O3. The van der Waals surface area contributed by atoms with Crippen molar-refractivity contribution in [3.05, 3.63) is 29.6 Å². The zero-order valence-electron chi connectivity index (χ0n) is 14.6. The Balaban J connectivity index is 1.98. The van der Waals surface area contributed by atoms with Crippen LogP contribution in [0.2, 0.25) is 0 Å². The third-order valence-corrected chi connectivity index (χ3v) is 3.72. The zero-order valence-corrected chi connectivity index (χ0v) is 14.6. The number of amides is 2. The lowest BCUT2D eigenvalue weighted by molar-refractivity contribution is 0.0240. The number of anilines is 1. The number of nitrogens with one attached hydrogen (secondary N) is 1. The first kappa shape index (κ1) is 18.0. The second-order valence-corrected chi connectivity index (χ2v) is 6.70. The van der Waals surface area contributed by atoms with Gasteiger partial charge in [-0.25, -0.2) is 9.18 Å². The maximum Gasteiger partial charge on any atom is 0.410 e. The SMILES string of the molecule is CNC(=O)c1ccc(N2CCN(C(=O)OC(C)(C)C)CC2)cc1F. The minimum Gasteiger partial charge on any atom is -0.444 e. The van der Waals surface area contributed by atoms with Crippen molar-refractivity contribution in [2.75, 3.05) is 38.1 Å². The highest BCUT2D eigenvalue weighted by Gasteiger charge is 2.26. The van der Waals surface area contributed by atoms with E-state index in [-0.39, 0.29) is 11.7 Å². The number of hydrogen-bond acceptors (Lipinski definition) is 4. The first-order chi connectivity index (χ1) is 11.2. The van der Waals surface area contributed by atoms with E-state index in [1.807, 2.05) is 25.7 Å². The Hall–Kier alpha value is -2.31. The van der Waals surface area contributed by atoms with Crippen LogP contribution in [0.25, 0.3) is 0 Å². The second-order valence-electron chi connectivity index (χ2n) is 6.70. The summed E-state index contributed by atoms with van der Waals surface area (Å²) in [4.78, 5) is 27.2. The topological polar surface area (TPSA) is 61.9 Å². The van der Waals surface area contributed by atoms with E-state index >= 15 is 0 Å². The van der Waals surface area contributed by atoms with Crippen molar-refractivity contribution in [3.8, 4) is 0 Å². The van der Waals surface area contributed by atoms with Gasteiger partial charge in [-0.15, -0.1) is 0 Å². The minimum absolute atomic E-state index is 0.0219. The number of halogens is 1. The monoisotopic (exact) mass is 337 g/mol. The highest BCUT2D eigenvalue weighted by Crippen LogP contribution is 2.21. The van der Waals surface area contributed by atoms with Crippen molar-refractivity contribution in [1.29, 1.82) is 0 Å². The molecule has 132 valence electrons. The molecule has 1 aromatic rings. The summed E-state index contributed by atoms with van der Waals surface area (Å²) in [5.41, 5.74) is 0.199. The number of piperazine rings is 1. The fourth-order valence-corrected chi connectivity index (χ4v) is 2.49. The molecule has 1 fully saturated rings. The molecule has 1 aromatic carbocycles. The van der Waals surface area contributed by atoms with Crippen LogP contribution in [0, 0.1) is 5.82 Å². The highest BCUT2D eigenvalue weighted by atomic mass is 19.1. The Morgan fingerprint density at radius 2 is 1.79 bits per heavy atom. The quantitative estimate of drug-likeness (QED) is 0.899. The maximum absolute atomic E-state index is 14.1. The molecule has 0 spiro atoms. The maximum atomic E-state index is 14.1. The molecule has 2 amide bonds. The lowest BCUT2D eigenvalue weighted by Gasteiger charge is -2.36. The number of carbonyl (C=O) groups excluding carboxylic acids is 2. The van der Waals surface area contributed by atoms with E-state index in [4.69, 9.17) is 4.74 Å². The molecule has 0 atom stereocenters. The molecule has 6 nitrogen and oxygen atoms in total. The van der Waals surface area contributed by atoms with E-state index in [9.17, 15) is 14.0 Å². The van der Waals surface area contributed by atoms with Gasteiger partial charge in [-0.1, -0.05) is 0 Å².